The van der Waals surface area contributed by atoms with Crippen LogP contribution in [0.4, 0.5) is 13.9 Å². The first kappa shape index (κ1) is 20.5. The van der Waals surface area contributed by atoms with Crippen molar-refractivity contribution in [2.45, 2.75) is 19.9 Å². The number of nitrogens with one attached hydrogen (secondary N) is 2. The van der Waals surface area contributed by atoms with Crippen molar-refractivity contribution in [3.05, 3.63) is 65.7 Å². The molecular formula is C20H18F2N4O2S. The van der Waals surface area contributed by atoms with Crippen LogP contribution in [0.2, 0.25) is 0 Å². The molecular weight excluding hydrogens is 398 g/mol. The number of amides is 2. The standard InChI is InChI=1S/C20H18F2N4O2S/c1-11(2)16(23-17(27)15-13(21)9-6-10-14(15)22)18(28)24-20-26-25-19(29-20)12-7-4-3-5-8-12/h3-11,16H,1-2H3,(H,23,27)(H,24,26,28)/t16-/m0/s1. The third kappa shape index (κ3) is 4.80. The fourth-order valence-electron chi connectivity index (χ4n) is 2.62. The Morgan fingerprint density at radius 2 is 1.62 bits per heavy atom. The summed E-state index contributed by atoms with van der Waals surface area (Å²) in [7, 11) is 0. The average Bonchev–Trinajstić information content (AvgIpc) is 3.14. The second-order valence-electron chi connectivity index (χ2n) is 6.56. The van der Waals surface area contributed by atoms with Crippen molar-refractivity contribution in [3.63, 3.8) is 0 Å². The van der Waals surface area contributed by atoms with Gasteiger partial charge in [0.15, 0.2) is 0 Å². The van der Waals surface area contributed by atoms with E-state index in [-0.39, 0.29) is 11.0 Å². The Morgan fingerprint density at radius 3 is 2.24 bits per heavy atom. The van der Waals surface area contributed by atoms with E-state index in [1.807, 2.05) is 30.3 Å². The van der Waals surface area contributed by atoms with Crippen LogP contribution in [0.25, 0.3) is 10.6 Å². The number of carbonyl (C=O) groups is 2. The minimum absolute atomic E-state index is 0.255. The molecule has 150 valence electrons. The van der Waals surface area contributed by atoms with Crippen LogP contribution >= 0.6 is 11.3 Å². The molecule has 9 heteroatoms. The average molecular weight is 416 g/mol. The lowest BCUT2D eigenvalue weighted by atomic mass is 10.0. The van der Waals surface area contributed by atoms with Gasteiger partial charge in [-0.3, -0.25) is 14.9 Å². The minimum Gasteiger partial charge on any atom is -0.340 e. The number of nitrogens with zero attached hydrogens (tertiary/aromatic N) is 2. The second-order valence-corrected chi connectivity index (χ2v) is 7.54. The molecule has 2 N–H and O–H groups in total. The van der Waals surface area contributed by atoms with Crippen molar-refractivity contribution in [3.8, 4) is 10.6 Å². The normalized spacial score (nSPS) is 11.9. The molecule has 2 aromatic carbocycles. The first-order chi connectivity index (χ1) is 13.9. The number of hydrogen-bond donors (Lipinski definition) is 2. The first-order valence-corrected chi connectivity index (χ1v) is 9.63. The largest absolute Gasteiger partial charge is 0.340 e. The number of anilines is 1. The van der Waals surface area contributed by atoms with Crippen molar-refractivity contribution in [2.24, 2.45) is 5.92 Å². The predicted octanol–water partition coefficient (Wildman–Crippen LogP) is 3.88. The molecule has 1 atom stereocenters. The van der Waals surface area contributed by atoms with Gasteiger partial charge in [0.25, 0.3) is 5.91 Å². The summed E-state index contributed by atoms with van der Waals surface area (Å²) in [6, 6.07) is 11.4. The fourth-order valence-corrected chi connectivity index (χ4v) is 3.37. The molecule has 0 fully saturated rings. The van der Waals surface area contributed by atoms with Crippen LogP contribution in [0, 0.1) is 17.6 Å². The third-order valence-electron chi connectivity index (χ3n) is 4.10. The van der Waals surface area contributed by atoms with E-state index in [4.69, 9.17) is 0 Å². The Morgan fingerprint density at radius 1 is 0.966 bits per heavy atom. The molecule has 1 heterocycles. The third-order valence-corrected chi connectivity index (χ3v) is 4.99. The van der Waals surface area contributed by atoms with Crippen LogP contribution in [0.15, 0.2) is 48.5 Å². The van der Waals surface area contributed by atoms with Gasteiger partial charge < -0.3 is 5.32 Å². The van der Waals surface area contributed by atoms with Crippen LogP contribution < -0.4 is 10.6 Å². The molecule has 3 aromatic rings. The van der Waals surface area contributed by atoms with Crippen molar-refractivity contribution in [1.29, 1.82) is 0 Å². The maximum atomic E-state index is 13.8. The monoisotopic (exact) mass is 416 g/mol. The van der Waals surface area contributed by atoms with E-state index in [2.05, 4.69) is 20.8 Å². The topological polar surface area (TPSA) is 84.0 Å². The summed E-state index contributed by atoms with van der Waals surface area (Å²) >= 11 is 1.18. The van der Waals surface area contributed by atoms with Crippen LogP contribution in [-0.4, -0.2) is 28.1 Å². The summed E-state index contributed by atoms with van der Waals surface area (Å²) in [5.41, 5.74) is 0.127. The molecule has 0 radical (unpaired) electrons. The predicted molar refractivity (Wildman–Crippen MR) is 106 cm³/mol. The smallest absolute Gasteiger partial charge is 0.257 e. The quantitative estimate of drug-likeness (QED) is 0.639. The van der Waals surface area contributed by atoms with Crippen molar-refractivity contribution in [2.75, 3.05) is 5.32 Å². The van der Waals surface area contributed by atoms with Crippen molar-refractivity contribution in [1.82, 2.24) is 15.5 Å². The number of rotatable bonds is 6. The summed E-state index contributed by atoms with van der Waals surface area (Å²) in [4.78, 5) is 25.0. The van der Waals surface area contributed by atoms with Crippen molar-refractivity contribution >= 4 is 28.3 Å². The Labute approximate surface area is 170 Å². The van der Waals surface area contributed by atoms with Gasteiger partial charge in [0.05, 0.1) is 0 Å². The molecule has 0 aliphatic carbocycles. The van der Waals surface area contributed by atoms with E-state index < -0.39 is 35.1 Å². The van der Waals surface area contributed by atoms with Crippen LogP contribution in [0.5, 0.6) is 0 Å². The molecule has 6 nitrogen and oxygen atoms in total. The summed E-state index contributed by atoms with van der Waals surface area (Å²) in [5.74, 6) is -3.89. The Bertz CT molecular complexity index is 1000. The number of hydrogen-bond acceptors (Lipinski definition) is 5. The van der Waals surface area contributed by atoms with Crippen LogP contribution in [-0.2, 0) is 4.79 Å². The lowest BCUT2D eigenvalue weighted by Gasteiger charge is -2.21. The van der Waals surface area contributed by atoms with E-state index >= 15 is 0 Å². The summed E-state index contributed by atoms with van der Waals surface area (Å²) in [6.07, 6.45) is 0. The van der Waals surface area contributed by atoms with Gasteiger partial charge in [-0.2, -0.15) is 0 Å². The zero-order valence-electron chi connectivity index (χ0n) is 15.6. The van der Waals surface area contributed by atoms with Gasteiger partial charge in [0.2, 0.25) is 11.0 Å². The van der Waals surface area contributed by atoms with E-state index in [9.17, 15) is 18.4 Å². The molecule has 0 unspecified atom stereocenters. The highest BCUT2D eigenvalue weighted by Gasteiger charge is 2.28. The maximum Gasteiger partial charge on any atom is 0.257 e. The van der Waals surface area contributed by atoms with Crippen molar-refractivity contribution < 1.29 is 18.4 Å². The molecule has 0 aliphatic rings. The molecule has 0 bridgehead atoms. The Balaban J connectivity index is 1.73. The SMILES string of the molecule is CC(C)[C@H](NC(=O)c1c(F)cccc1F)C(=O)Nc1nnc(-c2ccccc2)s1. The van der Waals surface area contributed by atoms with Gasteiger partial charge in [0, 0.05) is 5.56 Å². The fraction of sp³-hybridized carbons (Fsp3) is 0.200. The van der Waals surface area contributed by atoms with E-state index in [0.717, 1.165) is 23.8 Å². The molecule has 1 aromatic heterocycles. The highest BCUT2D eigenvalue weighted by atomic mass is 32.1. The van der Waals surface area contributed by atoms with Gasteiger partial charge in [-0.15, -0.1) is 10.2 Å². The molecule has 0 saturated carbocycles. The highest BCUT2D eigenvalue weighted by molar-refractivity contribution is 7.18. The number of aromatic nitrogens is 2. The Kier molecular flexibility index (Phi) is 6.28. The van der Waals surface area contributed by atoms with E-state index in [1.165, 1.54) is 11.3 Å². The first-order valence-electron chi connectivity index (χ1n) is 8.81. The molecule has 2 amide bonds. The number of halogens is 2. The molecule has 29 heavy (non-hydrogen) atoms. The van der Waals surface area contributed by atoms with Gasteiger partial charge in [-0.1, -0.05) is 61.6 Å². The van der Waals surface area contributed by atoms with Crippen LogP contribution in [0.3, 0.4) is 0 Å². The lowest BCUT2D eigenvalue weighted by Crippen LogP contribution is -2.47. The second kappa shape index (κ2) is 8.87. The van der Waals surface area contributed by atoms with E-state index in [0.29, 0.717) is 5.01 Å². The van der Waals surface area contributed by atoms with Gasteiger partial charge in [0.1, 0.15) is 28.2 Å². The maximum absolute atomic E-state index is 13.8. The minimum atomic E-state index is -1.02. The summed E-state index contributed by atoms with van der Waals surface area (Å²) in [5, 5.41) is 13.9. The van der Waals surface area contributed by atoms with Gasteiger partial charge in [-0.05, 0) is 18.1 Å². The molecule has 0 saturated heterocycles. The number of benzene rings is 2. The van der Waals surface area contributed by atoms with Gasteiger partial charge >= 0.3 is 0 Å². The highest BCUT2D eigenvalue weighted by Crippen LogP contribution is 2.26. The van der Waals surface area contributed by atoms with E-state index in [1.54, 1.807) is 13.8 Å². The molecule has 0 aliphatic heterocycles. The summed E-state index contributed by atoms with van der Waals surface area (Å²) in [6.45, 7) is 3.41. The molecule has 0 spiro atoms. The van der Waals surface area contributed by atoms with Gasteiger partial charge in [-0.25, -0.2) is 8.78 Å². The zero-order valence-corrected chi connectivity index (χ0v) is 16.5. The lowest BCUT2D eigenvalue weighted by molar-refractivity contribution is -0.118. The van der Waals surface area contributed by atoms with Crippen LogP contribution in [0.1, 0.15) is 24.2 Å². The number of carbonyl (C=O) groups excluding carboxylic acids is 2. The molecule has 3 rings (SSSR count). The summed E-state index contributed by atoms with van der Waals surface area (Å²) < 4.78 is 27.7. The Hall–Kier alpha value is -3.20. The zero-order chi connectivity index (χ0) is 21.0.